The minimum Gasteiger partial charge on any atom is -0.494 e. The third kappa shape index (κ3) is 6.57. The minimum absolute atomic E-state index is 0.334. The van der Waals surface area contributed by atoms with E-state index in [9.17, 15) is 12.3 Å². The molecule has 0 unspecified atom stereocenters. The van der Waals surface area contributed by atoms with Crippen LogP contribution in [0.1, 0.15) is 45.4 Å². The number of rotatable bonds is 9. The van der Waals surface area contributed by atoms with Gasteiger partial charge in [-0.2, -0.15) is 8.42 Å². The Morgan fingerprint density at radius 2 is 1.58 bits per heavy atom. The van der Waals surface area contributed by atoms with Gasteiger partial charge in [0.1, 0.15) is 5.75 Å². The summed E-state index contributed by atoms with van der Waals surface area (Å²) in [5.41, 5.74) is 0. The highest BCUT2D eigenvalue weighted by molar-refractivity contribution is 7.86. The van der Waals surface area contributed by atoms with Crippen LogP contribution in [0.4, 0.5) is 3.89 Å². The van der Waals surface area contributed by atoms with Crippen LogP contribution in [0.3, 0.4) is 0 Å². The monoisotopic (exact) mass is 288 g/mol. The lowest BCUT2D eigenvalue weighted by Crippen LogP contribution is -1.98. The van der Waals surface area contributed by atoms with Crippen molar-refractivity contribution in [1.82, 2.24) is 0 Å². The minimum atomic E-state index is -4.61. The standard InChI is InChI=1S/C14H21FO3S/c1-2-3-4-5-6-7-12-18-13-8-10-14(11-9-13)19(15,16)17/h8-11H,2-7,12H2,1H3. The number of hydrogen-bond acceptors (Lipinski definition) is 3. The molecule has 0 aliphatic heterocycles. The molecule has 0 bridgehead atoms. The van der Waals surface area contributed by atoms with E-state index in [1.807, 2.05) is 0 Å². The number of halogens is 1. The molecular formula is C14H21FO3S. The van der Waals surface area contributed by atoms with E-state index in [2.05, 4.69) is 6.92 Å². The quantitative estimate of drug-likeness (QED) is 0.508. The van der Waals surface area contributed by atoms with Crippen LogP contribution in [0.2, 0.25) is 0 Å². The van der Waals surface area contributed by atoms with Crippen LogP contribution in [0, 0.1) is 0 Å². The lowest BCUT2D eigenvalue weighted by molar-refractivity contribution is 0.304. The van der Waals surface area contributed by atoms with Crippen molar-refractivity contribution in [2.45, 2.75) is 50.3 Å². The zero-order valence-corrected chi connectivity index (χ0v) is 12.1. The summed E-state index contributed by atoms with van der Waals surface area (Å²) >= 11 is 0. The fraction of sp³-hybridized carbons (Fsp3) is 0.571. The van der Waals surface area contributed by atoms with Crippen LogP contribution >= 0.6 is 0 Å². The summed E-state index contributed by atoms with van der Waals surface area (Å²) in [6.07, 6.45) is 7.11. The van der Waals surface area contributed by atoms with Crippen molar-refractivity contribution in [3.63, 3.8) is 0 Å². The topological polar surface area (TPSA) is 43.4 Å². The van der Waals surface area contributed by atoms with Gasteiger partial charge in [0.2, 0.25) is 0 Å². The summed E-state index contributed by atoms with van der Waals surface area (Å²) in [5, 5.41) is 0. The molecule has 5 heteroatoms. The largest absolute Gasteiger partial charge is 0.494 e. The molecule has 19 heavy (non-hydrogen) atoms. The van der Waals surface area contributed by atoms with Crippen LogP contribution in [0.15, 0.2) is 29.2 Å². The molecule has 108 valence electrons. The average Bonchev–Trinajstić information content (AvgIpc) is 2.37. The van der Waals surface area contributed by atoms with Crippen molar-refractivity contribution >= 4 is 10.2 Å². The SMILES string of the molecule is CCCCCCCCOc1ccc(S(=O)(=O)F)cc1. The third-order valence-corrected chi connectivity index (χ3v) is 3.71. The zero-order valence-electron chi connectivity index (χ0n) is 11.3. The Labute approximate surface area is 115 Å². The highest BCUT2D eigenvalue weighted by Crippen LogP contribution is 2.17. The van der Waals surface area contributed by atoms with E-state index < -0.39 is 10.2 Å². The van der Waals surface area contributed by atoms with Crippen LogP contribution in [0.25, 0.3) is 0 Å². The molecule has 0 spiro atoms. The molecule has 0 amide bonds. The molecule has 0 radical (unpaired) electrons. The van der Waals surface area contributed by atoms with Crippen molar-refractivity contribution in [2.75, 3.05) is 6.61 Å². The van der Waals surface area contributed by atoms with Gasteiger partial charge in [0.15, 0.2) is 0 Å². The van der Waals surface area contributed by atoms with E-state index in [1.165, 1.54) is 49.9 Å². The van der Waals surface area contributed by atoms with E-state index in [0.29, 0.717) is 12.4 Å². The van der Waals surface area contributed by atoms with Gasteiger partial charge in [-0.25, -0.2) is 0 Å². The molecule has 0 saturated heterocycles. The van der Waals surface area contributed by atoms with Gasteiger partial charge in [0, 0.05) is 0 Å². The summed E-state index contributed by atoms with van der Waals surface area (Å²) in [4.78, 5) is -0.334. The van der Waals surface area contributed by atoms with Crippen molar-refractivity contribution in [1.29, 1.82) is 0 Å². The van der Waals surface area contributed by atoms with Crippen molar-refractivity contribution < 1.29 is 17.0 Å². The third-order valence-electron chi connectivity index (χ3n) is 2.87. The maximum absolute atomic E-state index is 12.6. The summed E-state index contributed by atoms with van der Waals surface area (Å²) < 4.78 is 39.3. The maximum Gasteiger partial charge on any atom is 0.332 e. The Morgan fingerprint density at radius 3 is 2.16 bits per heavy atom. The lowest BCUT2D eigenvalue weighted by atomic mass is 10.1. The summed E-state index contributed by atoms with van der Waals surface area (Å²) in [7, 11) is -4.61. The van der Waals surface area contributed by atoms with Gasteiger partial charge >= 0.3 is 10.2 Å². The van der Waals surface area contributed by atoms with E-state index in [1.54, 1.807) is 0 Å². The molecule has 1 aromatic carbocycles. The first-order chi connectivity index (χ1) is 9.04. The fourth-order valence-electron chi connectivity index (χ4n) is 1.77. The summed E-state index contributed by atoms with van der Waals surface area (Å²) in [6, 6.07) is 5.38. The van der Waals surface area contributed by atoms with Crippen molar-refractivity contribution in [3.05, 3.63) is 24.3 Å². The summed E-state index contributed by atoms with van der Waals surface area (Å²) in [5.74, 6) is 0.570. The molecule has 0 atom stereocenters. The molecule has 0 saturated carbocycles. The Kier molecular flexibility index (Phi) is 6.84. The second-order valence-electron chi connectivity index (χ2n) is 4.53. The number of unbranched alkanes of at least 4 members (excludes halogenated alkanes) is 5. The lowest BCUT2D eigenvalue weighted by Gasteiger charge is -2.06. The molecule has 3 nitrogen and oxygen atoms in total. The van der Waals surface area contributed by atoms with Gasteiger partial charge in [0.25, 0.3) is 0 Å². The number of benzene rings is 1. The predicted octanol–water partition coefficient (Wildman–Crippen LogP) is 4.08. The maximum atomic E-state index is 12.6. The first-order valence-electron chi connectivity index (χ1n) is 6.71. The molecular weight excluding hydrogens is 267 g/mol. The Morgan fingerprint density at radius 1 is 1.00 bits per heavy atom. The average molecular weight is 288 g/mol. The molecule has 1 rings (SSSR count). The van der Waals surface area contributed by atoms with E-state index in [-0.39, 0.29) is 4.90 Å². The molecule has 0 aromatic heterocycles. The smallest absolute Gasteiger partial charge is 0.332 e. The highest BCUT2D eigenvalue weighted by atomic mass is 32.3. The molecule has 0 heterocycles. The molecule has 0 aliphatic carbocycles. The van der Waals surface area contributed by atoms with Gasteiger partial charge in [-0.3, -0.25) is 0 Å². The molecule has 0 N–H and O–H groups in total. The first kappa shape index (κ1) is 16.0. The van der Waals surface area contributed by atoms with Crippen LogP contribution in [-0.2, 0) is 10.2 Å². The fourth-order valence-corrected chi connectivity index (χ4v) is 2.23. The Bertz CT molecular complexity index is 454. The van der Waals surface area contributed by atoms with Crippen molar-refractivity contribution in [2.24, 2.45) is 0 Å². The van der Waals surface area contributed by atoms with E-state index in [0.717, 1.165) is 12.8 Å². The predicted molar refractivity (Wildman–Crippen MR) is 73.6 cm³/mol. The number of hydrogen-bond donors (Lipinski definition) is 0. The van der Waals surface area contributed by atoms with Crippen LogP contribution < -0.4 is 4.74 Å². The van der Waals surface area contributed by atoms with E-state index in [4.69, 9.17) is 4.74 Å². The van der Waals surface area contributed by atoms with E-state index >= 15 is 0 Å². The van der Waals surface area contributed by atoms with Gasteiger partial charge in [-0.1, -0.05) is 39.0 Å². The molecule has 0 fully saturated rings. The van der Waals surface area contributed by atoms with Crippen molar-refractivity contribution in [3.8, 4) is 5.75 Å². The Balaban J connectivity index is 2.23. The second-order valence-corrected chi connectivity index (χ2v) is 5.87. The van der Waals surface area contributed by atoms with Gasteiger partial charge < -0.3 is 4.74 Å². The molecule has 0 aliphatic rings. The van der Waals surface area contributed by atoms with Gasteiger partial charge in [0.05, 0.1) is 11.5 Å². The Hall–Kier alpha value is -1.10. The second kappa shape index (κ2) is 8.15. The molecule has 1 aromatic rings. The van der Waals surface area contributed by atoms with Gasteiger partial charge in [-0.05, 0) is 30.7 Å². The van der Waals surface area contributed by atoms with Crippen LogP contribution in [0.5, 0.6) is 5.75 Å². The normalized spacial score (nSPS) is 11.5. The van der Waals surface area contributed by atoms with Gasteiger partial charge in [-0.15, -0.1) is 3.89 Å². The zero-order chi connectivity index (χ0) is 14.1. The highest BCUT2D eigenvalue weighted by Gasteiger charge is 2.10. The van der Waals surface area contributed by atoms with Crippen LogP contribution in [-0.4, -0.2) is 15.0 Å². The number of ether oxygens (including phenoxy) is 1. The first-order valence-corrected chi connectivity index (χ1v) is 8.10. The summed E-state index contributed by atoms with van der Waals surface area (Å²) in [6.45, 7) is 2.79.